The molecule has 3 unspecified atom stereocenters. The Bertz CT molecular complexity index is 1250. The summed E-state index contributed by atoms with van der Waals surface area (Å²) in [6.07, 6.45) is 4.14. The molecule has 3 aromatic rings. The van der Waals surface area contributed by atoms with Gasteiger partial charge in [-0.25, -0.2) is 9.55 Å². The molecule has 3 atom stereocenters. The molecular weight excluding hydrogens is 449 g/mol. The number of nitrogens with two attached hydrogens (primary N) is 2. The van der Waals surface area contributed by atoms with Gasteiger partial charge in [-0.1, -0.05) is 18.2 Å². The molecule has 5 N–H and O–H groups in total. The molecule has 0 bridgehead atoms. The first-order chi connectivity index (χ1) is 15.8. The first-order valence-electron chi connectivity index (χ1n) is 10.1. The van der Waals surface area contributed by atoms with Crippen molar-refractivity contribution in [2.24, 2.45) is 5.92 Å². The molecule has 1 saturated carbocycles. The van der Waals surface area contributed by atoms with E-state index in [0.717, 1.165) is 5.57 Å². The van der Waals surface area contributed by atoms with Crippen LogP contribution in [-0.2, 0) is 18.6 Å². The van der Waals surface area contributed by atoms with Crippen LogP contribution >= 0.6 is 7.75 Å². The maximum absolute atomic E-state index is 13.4. The van der Waals surface area contributed by atoms with Crippen molar-refractivity contribution in [1.29, 1.82) is 0 Å². The molecule has 0 saturated heterocycles. The second-order valence-corrected chi connectivity index (χ2v) is 9.16. The highest BCUT2D eigenvalue weighted by molar-refractivity contribution is 7.52. The summed E-state index contributed by atoms with van der Waals surface area (Å²) in [6.45, 7) is 1.63. The number of benzene rings is 1. The standard InChI is InChI=1S/C20H24N7O5P/c1-12(19(28)30-2)26-33(29,32-15-6-4-3-5-7-15)31-10-14-8-13(14)9-27-11-23-16-17(21)24-20(22)25-18(16)27/h3-7,9,11-12,14H,8,10H2,1-2H3,(H,26,29)(H4,21,22,24,25)/b13-9-. The summed E-state index contributed by atoms with van der Waals surface area (Å²) in [5.41, 5.74) is 13.5. The Morgan fingerprint density at radius 1 is 1.33 bits per heavy atom. The van der Waals surface area contributed by atoms with E-state index >= 15 is 0 Å². The average Bonchev–Trinajstić information content (AvgIpc) is 3.41. The molecular formula is C20H24N7O5P. The van der Waals surface area contributed by atoms with Gasteiger partial charge in [0.2, 0.25) is 5.95 Å². The van der Waals surface area contributed by atoms with Crippen LogP contribution in [0.15, 0.2) is 42.2 Å². The van der Waals surface area contributed by atoms with E-state index < -0.39 is 19.8 Å². The zero-order valence-electron chi connectivity index (χ0n) is 18.0. The third-order valence-corrected chi connectivity index (χ3v) is 6.58. The molecule has 4 rings (SSSR count). The van der Waals surface area contributed by atoms with E-state index in [9.17, 15) is 9.36 Å². The van der Waals surface area contributed by atoms with Gasteiger partial charge in [0.1, 0.15) is 18.1 Å². The lowest BCUT2D eigenvalue weighted by atomic mass is 10.3. The van der Waals surface area contributed by atoms with Crippen molar-refractivity contribution in [1.82, 2.24) is 24.6 Å². The summed E-state index contributed by atoms with van der Waals surface area (Å²) in [4.78, 5) is 24.1. The van der Waals surface area contributed by atoms with E-state index in [1.54, 1.807) is 41.2 Å². The van der Waals surface area contributed by atoms with Crippen LogP contribution in [0, 0.1) is 5.92 Å². The van der Waals surface area contributed by atoms with Crippen molar-refractivity contribution in [3.63, 3.8) is 0 Å². The smallest absolute Gasteiger partial charge is 0.459 e. The number of methoxy groups -OCH3 is 1. The topological polar surface area (TPSA) is 169 Å². The molecule has 12 nitrogen and oxygen atoms in total. The van der Waals surface area contributed by atoms with Crippen molar-refractivity contribution in [2.75, 3.05) is 25.2 Å². The summed E-state index contributed by atoms with van der Waals surface area (Å²) in [6, 6.07) is 7.68. The fourth-order valence-electron chi connectivity index (χ4n) is 3.14. The van der Waals surface area contributed by atoms with Crippen molar-refractivity contribution in [2.45, 2.75) is 19.4 Å². The van der Waals surface area contributed by atoms with Crippen LogP contribution in [0.25, 0.3) is 17.4 Å². The maximum atomic E-state index is 13.4. The number of hydrogen-bond acceptors (Lipinski definition) is 10. The number of imidazole rings is 1. The molecule has 2 aromatic heterocycles. The molecule has 1 aliphatic rings. The van der Waals surface area contributed by atoms with E-state index in [1.807, 2.05) is 6.20 Å². The van der Waals surface area contributed by atoms with Gasteiger partial charge in [-0.15, -0.1) is 0 Å². The Kier molecular flexibility index (Phi) is 6.32. The molecule has 33 heavy (non-hydrogen) atoms. The lowest BCUT2D eigenvalue weighted by Crippen LogP contribution is -2.34. The minimum atomic E-state index is -3.88. The van der Waals surface area contributed by atoms with Crippen LogP contribution in [0.4, 0.5) is 11.8 Å². The van der Waals surface area contributed by atoms with E-state index in [1.165, 1.54) is 14.0 Å². The predicted octanol–water partition coefficient (Wildman–Crippen LogP) is 2.21. The Morgan fingerprint density at radius 3 is 2.82 bits per heavy atom. The van der Waals surface area contributed by atoms with Gasteiger partial charge in [-0.05, 0) is 31.1 Å². The van der Waals surface area contributed by atoms with Crippen LogP contribution in [0.3, 0.4) is 0 Å². The number of carbonyl (C=O) groups is 1. The van der Waals surface area contributed by atoms with Crippen LogP contribution in [0.2, 0.25) is 0 Å². The van der Waals surface area contributed by atoms with Crippen LogP contribution < -0.4 is 21.1 Å². The Morgan fingerprint density at radius 2 is 2.09 bits per heavy atom. The molecule has 0 amide bonds. The van der Waals surface area contributed by atoms with Crippen LogP contribution in [0.1, 0.15) is 13.3 Å². The first kappa shape index (κ1) is 22.7. The van der Waals surface area contributed by atoms with E-state index in [4.69, 9.17) is 25.3 Å². The van der Waals surface area contributed by atoms with Crippen molar-refractivity contribution >= 4 is 42.8 Å². The summed E-state index contributed by atoms with van der Waals surface area (Å²) < 4.78 is 31.1. The van der Waals surface area contributed by atoms with Crippen LogP contribution in [0.5, 0.6) is 5.75 Å². The maximum Gasteiger partial charge on any atom is 0.459 e. The monoisotopic (exact) mass is 473 g/mol. The number of ether oxygens (including phenoxy) is 1. The van der Waals surface area contributed by atoms with E-state index in [0.29, 0.717) is 23.3 Å². The SMILES string of the molecule is COC(=O)C(C)NP(=O)(OCC1C/C1=C/n1cnc2c(N)nc(N)nc21)Oc1ccccc1. The van der Waals surface area contributed by atoms with Gasteiger partial charge in [0.05, 0.1) is 13.7 Å². The highest BCUT2D eigenvalue weighted by Crippen LogP contribution is 2.48. The number of para-hydroxylation sites is 1. The number of nitrogens with zero attached hydrogens (tertiary/aromatic N) is 4. The molecule has 1 aliphatic carbocycles. The number of fused-ring (bicyclic) bond motifs is 1. The third kappa shape index (κ3) is 5.30. The lowest BCUT2D eigenvalue weighted by Gasteiger charge is -2.22. The van der Waals surface area contributed by atoms with Crippen molar-refractivity contribution in [3.05, 3.63) is 42.2 Å². The second kappa shape index (κ2) is 9.18. The van der Waals surface area contributed by atoms with Gasteiger partial charge in [0, 0.05) is 12.1 Å². The Hall–Kier alpha value is -3.47. The number of carbonyl (C=O) groups excluding carboxylic acids is 1. The molecule has 0 spiro atoms. The van der Waals surface area contributed by atoms with Gasteiger partial charge < -0.3 is 20.7 Å². The van der Waals surface area contributed by atoms with Gasteiger partial charge in [-0.2, -0.15) is 15.1 Å². The lowest BCUT2D eigenvalue weighted by molar-refractivity contribution is -0.142. The minimum absolute atomic E-state index is 0.00177. The molecule has 1 aromatic carbocycles. The number of rotatable bonds is 9. The van der Waals surface area contributed by atoms with Crippen molar-refractivity contribution < 1.29 is 23.1 Å². The summed E-state index contributed by atoms with van der Waals surface area (Å²) in [5, 5.41) is 2.63. The van der Waals surface area contributed by atoms with Crippen molar-refractivity contribution in [3.8, 4) is 5.75 Å². The summed E-state index contributed by atoms with van der Waals surface area (Å²) in [7, 11) is -2.63. The average molecular weight is 473 g/mol. The largest absolute Gasteiger partial charge is 0.468 e. The normalized spacial score (nSPS) is 19.2. The van der Waals surface area contributed by atoms with Crippen LogP contribution in [-0.4, -0.2) is 45.2 Å². The Labute approximate surface area is 189 Å². The zero-order chi connectivity index (χ0) is 23.6. The van der Waals surface area contributed by atoms with Gasteiger partial charge >= 0.3 is 13.7 Å². The Balaban J connectivity index is 1.46. The van der Waals surface area contributed by atoms with Gasteiger partial charge in [-0.3, -0.25) is 13.9 Å². The second-order valence-electron chi connectivity index (χ2n) is 7.47. The quantitative estimate of drug-likeness (QED) is 0.307. The molecule has 13 heteroatoms. The van der Waals surface area contributed by atoms with Gasteiger partial charge in [0.25, 0.3) is 0 Å². The minimum Gasteiger partial charge on any atom is -0.468 e. The zero-order valence-corrected chi connectivity index (χ0v) is 18.9. The highest BCUT2D eigenvalue weighted by Gasteiger charge is 2.37. The third-order valence-electron chi connectivity index (χ3n) is 4.94. The fourth-order valence-corrected chi connectivity index (χ4v) is 4.68. The molecule has 174 valence electrons. The molecule has 1 fully saturated rings. The summed E-state index contributed by atoms with van der Waals surface area (Å²) >= 11 is 0. The molecule has 2 heterocycles. The number of nitrogen functional groups attached to an aromatic ring is 2. The number of hydrogen-bond donors (Lipinski definition) is 3. The fraction of sp³-hybridized carbons (Fsp3) is 0.300. The van der Waals surface area contributed by atoms with Gasteiger partial charge in [0.15, 0.2) is 17.0 Å². The number of anilines is 2. The van der Waals surface area contributed by atoms with E-state index in [2.05, 4.69) is 20.0 Å². The van der Waals surface area contributed by atoms with E-state index in [-0.39, 0.29) is 24.3 Å². The number of aromatic nitrogens is 4. The number of nitrogens with one attached hydrogen (secondary N) is 1. The summed E-state index contributed by atoms with van der Waals surface area (Å²) in [5.74, 6) is 0.0180. The predicted molar refractivity (Wildman–Crippen MR) is 122 cm³/mol. The highest BCUT2D eigenvalue weighted by atomic mass is 31.2. The number of esters is 1. The molecule has 0 radical (unpaired) electrons. The molecule has 0 aliphatic heterocycles. The first-order valence-corrected chi connectivity index (χ1v) is 11.6.